The van der Waals surface area contributed by atoms with Gasteiger partial charge in [-0.25, -0.2) is 0 Å². The highest BCUT2D eigenvalue weighted by molar-refractivity contribution is 9.11. The zero-order valence-corrected chi connectivity index (χ0v) is 14.6. The van der Waals surface area contributed by atoms with Crippen LogP contribution in [0.2, 0.25) is 0 Å². The zero-order valence-electron chi connectivity index (χ0n) is 12.2. The normalized spacial score (nSPS) is 12.6. The first-order chi connectivity index (χ1) is 9.67. The second-order valence-corrected chi connectivity index (χ2v) is 7.82. The summed E-state index contributed by atoms with van der Waals surface area (Å²) in [6.45, 7) is 6.44. The molecule has 0 amide bonds. The lowest BCUT2D eigenvalue weighted by Gasteiger charge is -2.17. The summed E-state index contributed by atoms with van der Waals surface area (Å²) in [4.78, 5) is 1.46. The highest BCUT2D eigenvalue weighted by Gasteiger charge is 2.12. The van der Waals surface area contributed by atoms with Crippen LogP contribution in [0.25, 0.3) is 0 Å². The van der Waals surface area contributed by atoms with Gasteiger partial charge in [-0.3, -0.25) is 0 Å². The molecule has 1 heterocycles. The van der Waals surface area contributed by atoms with E-state index in [1.807, 2.05) is 11.3 Å². The van der Waals surface area contributed by atoms with E-state index < -0.39 is 0 Å². The molecule has 1 N–H and O–H groups in total. The molecule has 2 aromatic rings. The van der Waals surface area contributed by atoms with Crippen LogP contribution in [0.5, 0.6) is 0 Å². The van der Waals surface area contributed by atoms with Crippen molar-refractivity contribution in [1.82, 2.24) is 5.32 Å². The predicted octanol–water partition coefficient (Wildman–Crippen LogP) is 4.83. The van der Waals surface area contributed by atoms with Crippen LogP contribution in [0.4, 0.5) is 0 Å². The minimum Gasteiger partial charge on any atom is -0.317 e. The summed E-state index contributed by atoms with van der Waals surface area (Å²) >= 11 is 5.40. The molecule has 0 saturated carbocycles. The van der Waals surface area contributed by atoms with Gasteiger partial charge < -0.3 is 5.32 Å². The third-order valence-electron chi connectivity index (χ3n) is 3.45. The number of benzene rings is 1. The molecule has 1 aromatic carbocycles. The van der Waals surface area contributed by atoms with Gasteiger partial charge in [0, 0.05) is 4.88 Å². The van der Waals surface area contributed by atoms with E-state index in [9.17, 15) is 0 Å². The van der Waals surface area contributed by atoms with E-state index in [4.69, 9.17) is 0 Å². The summed E-state index contributed by atoms with van der Waals surface area (Å²) in [5, 5.41) is 3.50. The Hall–Kier alpha value is -0.640. The molecule has 2 rings (SSSR count). The third-order valence-corrected chi connectivity index (χ3v) is 5.09. The minimum absolute atomic E-state index is 0.656. The molecule has 3 heteroatoms. The Morgan fingerprint density at radius 1 is 1.10 bits per heavy atom. The molecule has 1 atom stereocenters. The van der Waals surface area contributed by atoms with E-state index in [-0.39, 0.29) is 0 Å². The van der Waals surface area contributed by atoms with Crippen LogP contribution in [0, 0.1) is 12.8 Å². The summed E-state index contributed by atoms with van der Waals surface area (Å²) in [6, 6.07) is 13.3. The van der Waals surface area contributed by atoms with E-state index in [2.05, 4.69) is 71.5 Å². The van der Waals surface area contributed by atoms with Crippen molar-refractivity contribution in [3.63, 3.8) is 0 Å². The maximum Gasteiger partial charge on any atom is 0.0701 e. The van der Waals surface area contributed by atoms with Crippen LogP contribution < -0.4 is 5.32 Å². The Bertz CT molecular complexity index is 518. The van der Waals surface area contributed by atoms with Gasteiger partial charge in [0.05, 0.1) is 3.79 Å². The highest BCUT2D eigenvalue weighted by Crippen LogP contribution is 2.25. The molecule has 1 nitrogen and oxygen atoms in total. The van der Waals surface area contributed by atoms with Crippen LogP contribution in [-0.2, 0) is 12.8 Å². The van der Waals surface area contributed by atoms with Gasteiger partial charge in [0.25, 0.3) is 0 Å². The highest BCUT2D eigenvalue weighted by atomic mass is 79.9. The fourth-order valence-corrected chi connectivity index (χ4v) is 3.97. The number of aryl methyl sites for hydroxylation is 1. The van der Waals surface area contributed by atoms with Gasteiger partial charge in [0.2, 0.25) is 0 Å². The Kier molecular flexibility index (Phi) is 6.27. The first-order valence-corrected chi connectivity index (χ1v) is 8.78. The molecule has 0 bridgehead atoms. The molecule has 0 aliphatic rings. The van der Waals surface area contributed by atoms with Crippen molar-refractivity contribution in [3.8, 4) is 0 Å². The fourth-order valence-electron chi connectivity index (χ4n) is 2.37. The maximum atomic E-state index is 3.55. The molecule has 1 unspecified atom stereocenters. The van der Waals surface area contributed by atoms with E-state index in [1.54, 1.807) is 0 Å². The minimum atomic E-state index is 0.656. The van der Waals surface area contributed by atoms with Gasteiger partial charge in [0.15, 0.2) is 0 Å². The van der Waals surface area contributed by atoms with Crippen molar-refractivity contribution in [2.24, 2.45) is 5.92 Å². The molecular weight excluding hydrogens is 330 g/mol. The van der Waals surface area contributed by atoms with E-state index in [0.717, 1.165) is 25.9 Å². The molecule has 0 saturated heterocycles. The van der Waals surface area contributed by atoms with Gasteiger partial charge in [-0.05, 0) is 72.4 Å². The summed E-state index contributed by atoms with van der Waals surface area (Å²) in [6.07, 6.45) is 2.29. The van der Waals surface area contributed by atoms with Crippen LogP contribution in [0.15, 0.2) is 40.2 Å². The topological polar surface area (TPSA) is 12.0 Å². The van der Waals surface area contributed by atoms with E-state index in [1.165, 1.54) is 19.8 Å². The van der Waals surface area contributed by atoms with Crippen LogP contribution in [0.1, 0.15) is 22.9 Å². The summed E-state index contributed by atoms with van der Waals surface area (Å²) in [7, 11) is 0. The van der Waals surface area contributed by atoms with Crippen molar-refractivity contribution in [2.45, 2.75) is 26.7 Å². The monoisotopic (exact) mass is 351 g/mol. The molecular formula is C17H22BrNS. The number of thiophene rings is 1. The van der Waals surface area contributed by atoms with Crippen molar-refractivity contribution in [2.75, 3.05) is 13.1 Å². The molecule has 0 aliphatic heterocycles. The lowest BCUT2D eigenvalue weighted by Crippen LogP contribution is -2.25. The molecule has 0 aliphatic carbocycles. The number of rotatable bonds is 7. The van der Waals surface area contributed by atoms with Gasteiger partial charge in [-0.2, -0.15) is 0 Å². The first kappa shape index (κ1) is 15.7. The third kappa shape index (κ3) is 5.04. The molecule has 108 valence electrons. The average Bonchev–Trinajstić information content (AvgIpc) is 2.84. The Morgan fingerprint density at radius 2 is 1.85 bits per heavy atom. The first-order valence-electron chi connectivity index (χ1n) is 7.18. The Balaban J connectivity index is 2.00. The van der Waals surface area contributed by atoms with E-state index >= 15 is 0 Å². The molecule has 0 spiro atoms. The largest absolute Gasteiger partial charge is 0.317 e. The maximum absolute atomic E-state index is 3.55. The predicted molar refractivity (Wildman–Crippen MR) is 92.6 cm³/mol. The second-order valence-electron chi connectivity index (χ2n) is 5.27. The lowest BCUT2D eigenvalue weighted by atomic mass is 9.95. The second kappa shape index (κ2) is 7.96. The number of hydrogen-bond donors (Lipinski definition) is 1. The number of hydrogen-bond acceptors (Lipinski definition) is 2. The summed E-state index contributed by atoms with van der Waals surface area (Å²) < 4.78 is 1.23. The SMILES string of the molecule is CCNCC(Cc1ccc(C)cc1)Cc1ccc(Br)s1. The smallest absolute Gasteiger partial charge is 0.0701 e. The lowest BCUT2D eigenvalue weighted by molar-refractivity contribution is 0.481. The standard InChI is InChI=1S/C17H22BrNS/c1-3-19-12-15(11-16-8-9-17(18)20-16)10-14-6-4-13(2)5-7-14/h4-9,15,19H,3,10-12H2,1-2H3. The van der Waals surface area contributed by atoms with Crippen LogP contribution in [0.3, 0.4) is 0 Å². The van der Waals surface area contributed by atoms with Crippen molar-refractivity contribution in [3.05, 3.63) is 56.2 Å². The quantitative estimate of drug-likeness (QED) is 0.753. The number of halogens is 1. The van der Waals surface area contributed by atoms with Crippen molar-refractivity contribution < 1.29 is 0 Å². The Morgan fingerprint density at radius 3 is 2.45 bits per heavy atom. The van der Waals surface area contributed by atoms with Crippen LogP contribution in [-0.4, -0.2) is 13.1 Å². The van der Waals surface area contributed by atoms with Gasteiger partial charge in [0.1, 0.15) is 0 Å². The molecule has 20 heavy (non-hydrogen) atoms. The van der Waals surface area contributed by atoms with E-state index in [0.29, 0.717) is 5.92 Å². The molecule has 0 radical (unpaired) electrons. The zero-order chi connectivity index (χ0) is 14.4. The summed E-state index contributed by atoms with van der Waals surface area (Å²) in [5.74, 6) is 0.656. The van der Waals surface area contributed by atoms with Crippen molar-refractivity contribution >= 4 is 27.3 Å². The fraction of sp³-hybridized carbons (Fsp3) is 0.412. The van der Waals surface area contributed by atoms with Crippen molar-refractivity contribution in [1.29, 1.82) is 0 Å². The summed E-state index contributed by atoms with van der Waals surface area (Å²) in [5.41, 5.74) is 2.77. The molecule has 0 fully saturated rings. The Labute approximate surface area is 134 Å². The van der Waals surface area contributed by atoms with Gasteiger partial charge >= 0.3 is 0 Å². The van der Waals surface area contributed by atoms with Gasteiger partial charge in [-0.15, -0.1) is 11.3 Å². The average molecular weight is 352 g/mol. The number of nitrogens with one attached hydrogen (secondary N) is 1. The van der Waals surface area contributed by atoms with Gasteiger partial charge in [-0.1, -0.05) is 36.8 Å². The van der Waals surface area contributed by atoms with Crippen LogP contribution >= 0.6 is 27.3 Å². The molecule has 1 aromatic heterocycles.